The zero-order valence-corrected chi connectivity index (χ0v) is 15.0. The molecule has 1 amide bonds. The lowest BCUT2D eigenvalue weighted by molar-refractivity contribution is 0.0944. The van der Waals surface area contributed by atoms with E-state index >= 15 is 0 Å². The summed E-state index contributed by atoms with van der Waals surface area (Å²) in [5.41, 5.74) is 1.97. The second kappa shape index (κ2) is 8.46. The molecule has 2 heterocycles. The van der Waals surface area contributed by atoms with Gasteiger partial charge in [0.05, 0.1) is 11.4 Å². The van der Waals surface area contributed by atoms with Crippen LogP contribution >= 0.6 is 24.0 Å². The largest absolute Gasteiger partial charge is 0.349 e. The summed E-state index contributed by atoms with van der Waals surface area (Å²) >= 11 is 6.03. The van der Waals surface area contributed by atoms with Gasteiger partial charge in [-0.15, -0.1) is 17.5 Å². The zero-order chi connectivity index (χ0) is 16.2. The molecule has 0 aliphatic carbocycles. The summed E-state index contributed by atoms with van der Waals surface area (Å²) < 4.78 is 1.68. The maximum absolute atomic E-state index is 12.4. The van der Waals surface area contributed by atoms with Crippen molar-refractivity contribution in [3.8, 4) is 5.69 Å². The molecule has 1 unspecified atom stereocenters. The van der Waals surface area contributed by atoms with Gasteiger partial charge in [-0.3, -0.25) is 4.79 Å². The molecule has 1 atom stereocenters. The van der Waals surface area contributed by atoms with Crippen molar-refractivity contribution in [2.24, 2.45) is 0 Å². The first-order chi connectivity index (χ1) is 11.2. The summed E-state index contributed by atoms with van der Waals surface area (Å²) in [7, 11) is 0. The van der Waals surface area contributed by atoms with Crippen molar-refractivity contribution < 1.29 is 4.79 Å². The fraction of sp³-hybridized carbons (Fsp3) is 0.438. The Morgan fingerprint density at radius 2 is 2.33 bits per heavy atom. The molecular formula is C16H21Cl2N5O. The van der Waals surface area contributed by atoms with Gasteiger partial charge in [0.1, 0.15) is 0 Å². The van der Waals surface area contributed by atoms with Crippen LogP contribution in [0.1, 0.15) is 35.9 Å². The van der Waals surface area contributed by atoms with Crippen molar-refractivity contribution in [3.63, 3.8) is 0 Å². The molecule has 0 saturated carbocycles. The number of nitrogens with one attached hydrogen (secondary N) is 2. The van der Waals surface area contributed by atoms with Crippen molar-refractivity contribution in [2.75, 3.05) is 13.1 Å². The van der Waals surface area contributed by atoms with E-state index in [0.29, 0.717) is 29.7 Å². The van der Waals surface area contributed by atoms with Crippen LogP contribution < -0.4 is 10.6 Å². The van der Waals surface area contributed by atoms with Gasteiger partial charge >= 0.3 is 0 Å². The maximum Gasteiger partial charge on any atom is 0.273 e. The van der Waals surface area contributed by atoms with E-state index in [-0.39, 0.29) is 18.3 Å². The highest BCUT2D eigenvalue weighted by atomic mass is 35.5. The fourth-order valence-electron chi connectivity index (χ4n) is 2.84. The predicted octanol–water partition coefficient (Wildman–Crippen LogP) is 2.39. The molecule has 6 nitrogen and oxygen atoms in total. The molecule has 1 aromatic carbocycles. The number of rotatable bonds is 5. The highest BCUT2D eigenvalue weighted by Crippen LogP contribution is 2.17. The Labute approximate surface area is 152 Å². The minimum atomic E-state index is -0.177. The summed E-state index contributed by atoms with van der Waals surface area (Å²) in [4.78, 5) is 12.4. The first-order valence-corrected chi connectivity index (χ1v) is 8.29. The van der Waals surface area contributed by atoms with Crippen molar-refractivity contribution in [1.82, 2.24) is 25.6 Å². The molecule has 0 radical (unpaired) electrons. The molecule has 2 N–H and O–H groups in total. The smallest absolute Gasteiger partial charge is 0.273 e. The van der Waals surface area contributed by atoms with Gasteiger partial charge in [-0.2, -0.15) is 0 Å². The summed E-state index contributed by atoms with van der Waals surface area (Å²) in [5, 5.41) is 15.1. The minimum absolute atomic E-state index is 0. The highest BCUT2D eigenvalue weighted by molar-refractivity contribution is 6.30. The number of hydrogen-bond donors (Lipinski definition) is 2. The molecule has 1 saturated heterocycles. The van der Waals surface area contributed by atoms with Gasteiger partial charge in [0.15, 0.2) is 5.69 Å². The van der Waals surface area contributed by atoms with Crippen LogP contribution in [0.3, 0.4) is 0 Å². The van der Waals surface area contributed by atoms with Crippen LogP contribution in [0.4, 0.5) is 0 Å². The van der Waals surface area contributed by atoms with Gasteiger partial charge in [0, 0.05) is 17.6 Å². The van der Waals surface area contributed by atoms with E-state index in [9.17, 15) is 4.79 Å². The Kier molecular flexibility index (Phi) is 6.60. The number of aromatic nitrogens is 3. The van der Waals surface area contributed by atoms with E-state index in [1.807, 2.05) is 19.1 Å². The van der Waals surface area contributed by atoms with Gasteiger partial charge in [-0.1, -0.05) is 29.8 Å². The summed E-state index contributed by atoms with van der Waals surface area (Å²) in [6, 6.07) is 7.70. The lowest BCUT2D eigenvalue weighted by Gasteiger charge is -2.11. The van der Waals surface area contributed by atoms with Gasteiger partial charge < -0.3 is 10.6 Å². The third kappa shape index (κ3) is 4.06. The van der Waals surface area contributed by atoms with Gasteiger partial charge in [-0.05, 0) is 44.0 Å². The molecule has 24 heavy (non-hydrogen) atoms. The van der Waals surface area contributed by atoms with E-state index < -0.39 is 0 Å². The zero-order valence-electron chi connectivity index (χ0n) is 13.5. The first kappa shape index (κ1) is 18.7. The third-order valence-electron chi connectivity index (χ3n) is 4.04. The average Bonchev–Trinajstić information content (AvgIpc) is 3.21. The Morgan fingerprint density at radius 3 is 3.00 bits per heavy atom. The van der Waals surface area contributed by atoms with Crippen molar-refractivity contribution in [1.29, 1.82) is 0 Å². The van der Waals surface area contributed by atoms with E-state index in [1.54, 1.807) is 16.8 Å². The summed E-state index contributed by atoms with van der Waals surface area (Å²) in [6.07, 6.45) is 2.91. The van der Waals surface area contributed by atoms with E-state index in [1.165, 1.54) is 0 Å². The number of carbonyl (C=O) groups is 1. The quantitative estimate of drug-likeness (QED) is 0.848. The number of carbonyl (C=O) groups excluding carboxylic acids is 1. The topological polar surface area (TPSA) is 71.8 Å². The second-order valence-electron chi connectivity index (χ2n) is 5.63. The predicted molar refractivity (Wildman–Crippen MR) is 96.4 cm³/mol. The van der Waals surface area contributed by atoms with Crippen molar-refractivity contribution in [2.45, 2.75) is 32.2 Å². The van der Waals surface area contributed by atoms with Crippen molar-refractivity contribution >= 4 is 29.9 Å². The van der Waals surface area contributed by atoms with Gasteiger partial charge in [0.25, 0.3) is 5.91 Å². The molecule has 1 aromatic heterocycles. The maximum atomic E-state index is 12.4. The molecule has 0 spiro atoms. The van der Waals surface area contributed by atoms with Crippen LogP contribution in [0.25, 0.3) is 5.69 Å². The molecule has 1 aliphatic heterocycles. The Hall–Kier alpha value is -1.63. The first-order valence-electron chi connectivity index (χ1n) is 7.91. The van der Waals surface area contributed by atoms with E-state index in [0.717, 1.165) is 30.8 Å². The summed E-state index contributed by atoms with van der Waals surface area (Å²) in [6.45, 7) is 3.62. The molecule has 1 fully saturated rings. The molecule has 3 rings (SSSR count). The van der Waals surface area contributed by atoms with Gasteiger partial charge in [-0.25, -0.2) is 4.68 Å². The minimum Gasteiger partial charge on any atom is -0.349 e. The lowest BCUT2D eigenvalue weighted by Crippen LogP contribution is -2.37. The molecule has 0 bridgehead atoms. The molecule has 8 heteroatoms. The third-order valence-corrected chi connectivity index (χ3v) is 4.27. The highest BCUT2D eigenvalue weighted by Gasteiger charge is 2.21. The second-order valence-corrected chi connectivity index (χ2v) is 6.07. The SMILES string of the molecule is CCc1c(C(=O)NCC2CCCN2)nnn1-c1cccc(Cl)c1.Cl. The Bertz CT molecular complexity index is 698. The normalized spacial score (nSPS) is 16.7. The monoisotopic (exact) mass is 369 g/mol. The molecule has 2 aromatic rings. The van der Waals surface area contributed by atoms with Crippen molar-refractivity contribution in [3.05, 3.63) is 40.7 Å². The van der Waals surface area contributed by atoms with Crippen LogP contribution in [-0.2, 0) is 6.42 Å². The van der Waals surface area contributed by atoms with Crippen LogP contribution in [0, 0.1) is 0 Å². The standard InChI is InChI=1S/C16H20ClN5O.ClH/c1-2-14-15(16(23)19-10-12-6-4-8-18-12)20-21-22(14)13-7-3-5-11(17)9-13;/h3,5,7,9,12,18H,2,4,6,8,10H2,1H3,(H,19,23);1H. The molecule has 1 aliphatic rings. The van der Waals surface area contributed by atoms with Crippen LogP contribution in [0.5, 0.6) is 0 Å². The number of halogens is 2. The lowest BCUT2D eigenvalue weighted by atomic mass is 10.2. The number of amides is 1. The Balaban J connectivity index is 0.00000208. The van der Waals surface area contributed by atoms with Gasteiger partial charge in [0.2, 0.25) is 0 Å². The van der Waals surface area contributed by atoms with E-state index in [4.69, 9.17) is 11.6 Å². The fourth-order valence-corrected chi connectivity index (χ4v) is 3.03. The summed E-state index contributed by atoms with van der Waals surface area (Å²) in [5.74, 6) is -0.177. The number of nitrogens with zero attached hydrogens (tertiary/aromatic N) is 3. The Morgan fingerprint density at radius 1 is 1.50 bits per heavy atom. The van der Waals surface area contributed by atoms with E-state index in [2.05, 4.69) is 20.9 Å². The average molecular weight is 370 g/mol. The molecule has 130 valence electrons. The number of hydrogen-bond acceptors (Lipinski definition) is 4. The number of benzene rings is 1. The molecular weight excluding hydrogens is 349 g/mol. The van der Waals surface area contributed by atoms with Crippen LogP contribution in [0.15, 0.2) is 24.3 Å². The van der Waals surface area contributed by atoms with Crippen LogP contribution in [0.2, 0.25) is 5.02 Å². The van der Waals surface area contributed by atoms with Crippen LogP contribution in [-0.4, -0.2) is 40.0 Å².